The molecule has 0 saturated carbocycles. The van der Waals surface area contributed by atoms with Gasteiger partial charge in [0.25, 0.3) is 17.5 Å². The van der Waals surface area contributed by atoms with Crippen LogP contribution in [0.15, 0.2) is 18.2 Å². The van der Waals surface area contributed by atoms with Gasteiger partial charge in [-0.3, -0.25) is 34.8 Å². The summed E-state index contributed by atoms with van der Waals surface area (Å²) < 4.78 is 0. The van der Waals surface area contributed by atoms with E-state index in [2.05, 4.69) is 0 Å². The molecule has 3 amide bonds. The fraction of sp³-hybridized carbons (Fsp3) is 0.250. The molecule has 110 valence electrons. The number of imide groups is 1. The molecular formula is C12H12N4O5. The molecule has 1 aliphatic heterocycles. The van der Waals surface area contributed by atoms with E-state index in [1.807, 2.05) is 5.43 Å². The summed E-state index contributed by atoms with van der Waals surface area (Å²) in [6, 6.07) is 3.53. The quantitative estimate of drug-likeness (QED) is 0.257. The summed E-state index contributed by atoms with van der Waals surface area (Å²) in [5, 5.41) is 10.7. The zero-order valence-corrected chi connectivity index (χ0v) is 10.9. The lowest BCUT2D eigenvalue weighted by Crippen LogP contribution is -2.33. The van der Waals surface area contributed by atoms with Crippen molar-refractivity contribution in [2.45, 2.75) is 12.8 Å². The van der Waals surface area contributed by atoms with E-state index < -0.39 is 22.6 Å². The normalized spacial score (nSPS) is 13.3. The Morgan fingerprint density at radius 2 is 1.95 bits per heavy atom. The standard InChI is InChI=1S/C12H12N4O5/c13-14-10(17)2-1-5-15-11(18)8-4-3-7(16(20)21)6-9(8)12(15)19/h3-4,6H,1-2,5,13H2,(H,14,17). The summed E-state index contributed by atoms with van der Waals surface area (Å²) >= 11 is 0. The summed E-state index contributed by atoms with van der Waals surface area (Å²) in [5.41, 5.74) is 1.84. The number of nitrogens with zero attached hydrogens (tertiary/aromatic N) is 2. The summed E-state index contributed by atoms with van der Waals surface area (Å²) in [6.45, 7) is 0.0492. The highest BCUT2D eigenvalue weighted by Crippen LogP contribution is 2.26. The van der Waals surface area contributed by atoms with Gasteiger partial charge in [0, 0.05) is 25.1 Å². The van der Waals surface area contributed by atoms with Gasteiger partial charge in [-0.15, -0.1) is 0 Å². The predicted octanol–water partition coefficient (Wildman–Crippen LogP) is -0.0391. The Kier molecular flexibility index (Phi) is 3.94. The third-order valence-electron chi connectivity index (χ3n) is 3.11. The molecule has 0 fully saturated rings. The van der Waals surface area contributed by atoms with E-state index in [1.165, 1.54) is 12.1 Å². The van der Waals surface area contributed by atoms with E-state index in [1.54, 1.807) is 0 Å². The SMILES string of the molecule is NNC(=O)CCCN1C(=O)c2ccc([N+](=O)[O-])cc2C1=O. The van der Waals surface area contributed by atoms with Crippen molar-refractivity contribution < 1.29 is 19.3 Å². The highest BCUT2D eigenvalue weighted by molar-refractivity contribution is 6.21. The van der Waals surface area contributed by atoms with Gasteiger partial charge in [-0.05, 0) is 12.5 Å². The van der Waals surface area contributed by atoms with Crippen LogP contribution in [0.25, 0.3) is 0 Å². The number of nitro groups is 1. The Morgan fingerprint density at radius 1 is 1.29 bits per heavy atom. The lowest BCUT2D eigenvalue weighted by molar-refractivity contribution is -0.384. The van der Waals surface area contributed by atoms with Crippen LogP contribution in [0.4, 0.5) is 5.69 Å². The van der Waals surface area contributed by atoms with Crippen molar-refractivity contribution in [1.82, 2.24) is 10.3 Å². The first-order valence-corrected chi connectivity index (χ1v) is 6.09. The Bertz CT molecular complexity index is 643. The Balaban J connectivity index is 2.14. The van der Waals surface area contributed by atoms with Crippen LogP contribution in [0.3, 0.4) is 0 Å². The molecule has 9 heteroatoms. The fourth-order valence-corrected chi connectivity index (χ4v) is 2.07. The number of amides is 3. The Morgan fingerprint density at radius 3 is 2.57 bits per heavy atom. The molecule has 0 aliphatic carbocycles. The van der Waals surface area contributed by atoms with Crippen LogP contribution in [0.5, 0.6) is 0 Å². The highest BCUT2D eigenvalue weighted by Gasteiger charge is 2.36. The summed E-state index contributed by atoms with van der Waals surface area (Å²) in [7, 11) is 0. The Hall–Kier alpha value is -2.81. The van der Waals surface area contributed by atoms with Gasteiger partial charge in [-0.1, -0.05) is 0 Å². The molecule has 3 N–H and O–H groups in total. The van der Waals surface area contributed by atoms with Gasteiger partial charge in [-0.25, -0.2) is 5.84 Å². The zero-order chi connectivity index (χ0) is 15.6. The first-order chi connectivity index (χ1) is 9.95. The third-order valence-corrected chi connectivity index (χ3v) is 3.11. The average molecular weight is 292 g/mol. The molecule has 0 radical (unpaired) electrons. The number of fused-ring (bicyclic) bond motifs is 1. The van der Waals surface area contributed by atoms with Crippen molar-refractivity contribution in [3.05, 3.63) is 39.4 Å². The van der Waals surface area contributed by atoms with E-state index in [-0.39, 0.29) is 36.2 Å². The molecule has 0 bridgehead atoms. The number of hydrazine groups is 1. The monoisotopic (exact) mass is 292 g/mol. The maximum atomic E-state index is 12.1. The Labute approximate surface area is 118 Å². The van der Waals surface area contributed by atoms with Gasteiger partial charge in [0.2, 0.25) is 5.91 Å². The molecule has 0 unspecified atom stereocenters. The summed E-state index contributed by atoms with van der Waals surface area (Å²) in [5.74, 6) is 3.42. The molecule has 1 heterocycles. The topological polar surface area (TPSA) is 136 Å². The molecule has 0 saturated heterocycles. The smallest absolute Gasteiger partial charge is 0.270 e. The lowest BCUT2D eigenvalue weighted by Gasteiger charge is -2.12. The second-order valence-corrected chi connectivity index (χ2v) is 4.42. The second kappa shape index (κ2) is 5.67. The minimum absolute atomic E-state index is 0.0116. The number of nitro benzene ring substituents is 1. The van der Waals surface area contributed by atoms with Gasteiger partial charge in [0.05, 0.1) is 16.1 Å². The number of carbonyl (C=O) groups is 3. The fourth-order valence-electron chi connectivity index (χ4n) is 2.07. The van der Waals surface area contributed by atoms with Gasteiger partial charge in [0.15, 0.2) is 0 Å². The molecule has 21 heavy (non-hydrogen) atoms. The summed E-state index contributed by atoms with van der Waals surface area (Å²) in [6.07, 6.45) is 0.334. The van der Waals surface area contributed by atoms with Crippen LogP contribution in [0.1, 0.15) is 33.6 Å². The van der Waals surface area contributed by atoms with Crippen molar-refractivity contribution in [2.24, 2.45) is 5.84 Å². The highest BCUT2D eigenvalue weighted by atomic mass is 16.6. The van der Waals surface area contributed by atoms with Crippen molar-refractivity contribution in [3.8, 4) is 0 Å². The number of rotatable bonds is 5. The molecular weight excluding hydrogens is 280 g/mol. The van der Waals surface area contributed by atoms with E-state index in [0.717, 1.165) is 11.0 Å². The van der Waals surface area contributed by atoms with E-state index in [4.69, 9.17) is 5.84 Å². The van der Waals surface area contributed by atoms with Crippen molar-refractivity contribution in [1.29, 1.82) is 0 Å². The van der Waals surface area contributed by atoms with Crippen LogP contribution in [-0.2, 0) is 4.79 Å². The van der Waals surface area contributed by atoms with Crippen LogP contribution < -0.4 is 11.3 Å². The van der Waals surface area contributed by atoms with E-state index in [9.17, 15) is 24.5 Å². The van der Waals surface area contributed by atoms with Gasteiger partial charge >= 0.3 is 0 Å². The zero-order valence-electron chi connectivity index (χ0n) is 10.9. The summed E-state index contributed by atoms with van der Waals surface area (Å²) in [4.78, 5) is 46.1. The number of hydrogen-bond donors (Lipinski definition) is 2. The second-order valence-electron chi connectivity index (χ2n) is 4.42. The average Bonchev–Trinajstić information content (AvgIpc) is 2.71. The third kappa shape index (κ3) is 2.72. The number of hydrogen-bond acceptors (Lipinski definition) is 6. The number of non-ortho nitro benzene ring substituents is 1. The molecule has 0 atom stereocenters. The molecule has 1 aromatic carbocycles. The van der Waals surface area contributed by atoms with Crippen LogP contribution >= 0.6 is 0 Å². The van der Waals surface area contributed by atoms with Crippen LogP contribution in [0.2, 0.25) is 0 Å². The van der Waals surface area contributed by atoms with Crippen molar-refractivity contribution in [2.75, 3.05) is 6.54 Å². The minimum atomic E-state index is -0.633. The van der Waals surface area contributed by atoms with Crippen molar-refractivity contribution in [3.63, 3.8) is 0 Å². The van der Waals surface area contributed by atoms with Gasteiger partial charge in [-0.2, -0.15) is 0 Å². The number of carbonyl (C=O) groups excluding carboxylic acids is 3. The van der Waals surface area contributed by atoms with Crippen molar-refractivity contribution >= 4 is 23.4 Å². The van der Waals surface area contributed by atoms with Gasteiger partial charge < -0.3 is 0 Å². The first-order valence-electron chi connectivity index (χ1n) is 6.09. The van der Waals surface area contributed by atoms with E-state index in [0.29, 0.717) is 0 Å². The molecule has 1 aliphatic rings. The molecule has 0 aromatic heterocycles. The molecule has 2 rings (SSSR count). The van der Waals surface area contributed by atoms with Gasteiger partial charge in [0.1, 0.15) is 0 Å². The number of nitrogens with one attached hydrogen (secondary N) is 1. The molecule has 0 spiro atoms. The minimum Gasteiger partial charge on any atom is -0.294 e. The maximum absolute atomic E-state index is 12.1. The van der Waals surface area contributed by atoms with E-state index >= 15 is 0 Å². The lowest BCUT2D eigenvalue weighted by atomic mass is 10.1. The maximum Gasteiger partial charge on any atom is 0.270 e. The van der Waals surface area contributed by atoms with Crippen LogP contribution in [-0.4, -0.2) is 34.1 Å². The molecule has 1 aromatic rings. The first kappa shape index (κ1) is 14.6. The van der Waals surface area contributed by atoms with Crippen LogP contribution in [0, 0.1) is 10.1 Å². The number of nitrogens with two attached hydrogens (primary N) is 1. The molecule has 9 nitrogen and oxygen atoms in total. The predicted molar refractivity (Wildman–Crippen MR) is 70.0 cm³/mol. The number of benzene rings is 1. The largest absolute Gasteiger partial charge is 0.294 e.